The Hall–Kier alpha value is -3.16. The molecule has 7 heteroatoms. The molecule has 2 unspecified atom stereocenters. The molecule has 0 amide bonds. The molecule has 2 aromatic heterocycles. The zero-order valence-corrected chi connectivity index (χ0v) is 20.3. The minimum Gasteiger partial charge on any atom is -0.497 e. The summed E-state index contributed by atoms with van der Waals surface area (Å²) in [7, 11) is 1.67. The Kier molecular flexibility index (Phi) is 6.15. The summed E-state index contributed by atoms with van der Waals surface area (Å²) < 4.78 is 12.7. The van der Waals surface area contributed by atoms with Crippen LogP contribution in [0.15, 0.2) is 93.9 Å². The molecule has 5 nitrogen and oxygen atoms in total. The van der Waals surface area contributed by atoms with Gasteiger partial charge >= 0.3 is 0 Å². The highest BCUT2D eigenvalue weighted by Gasteiger charge is 2.41. The van der Waals surface area contributed by atoms with Crippen molar-refractivity contribution in [1.82, 2.24) is 15.2 Å². The van der Waals surface area contributed by atoms with Gasteiger partial charge in [0.1, 0.15) is 23.3 Å². The number of ether oxygens (including phenoxy) is 1. The molecule has 1 fully saturated rings. The van der Waals surface area contributed by atoms with E-state index in [0.717, 1.165) is 38.6 Å². The zero-order chi connectivity index (χ0) is 22.8. The summed E-state index contributed by atoms with van der Waals surface area (Å²) in [5.74, 6) is 2.48. The van der Waals surface area contributed by atoms with E-state index in [1.807, 2.05) is 66.7 Å². The fraction of sp³-hybridized carbons (Fsp3) is 0.154. The van der Waals surface area contributed by atoms with Crippen LogP contribution in [-0.4, -0.2) is 22.1 Å². The Morgan fingerprint density at radius 1 is 1.03 bits per heavy atom. The van der Waals surface area contributed by atoms with Crippen LogP contribution in [0.3, 0.4) is 0 Å². The summed E-state index contributed by atoms with van der Waals surface area (Å²) in [6, 6.07) is 25.8. The molecular weight excluding hydrogens is 498 g/mol. The second-order valence-electron chi connectivity index (χ2n) is 7.81. The largest absolute Gasteiger partial charge is 0.497 e. The predicted octanol–water partition coefficient (Wildman–Crippen LogP) is 6.29. The standard InChI is InChI=1S/C26H22BrN3O2S/c1-31-20-11-5-17(6-12-20)16-30-25(24(29-26(30)33)21-4-2-3-15-28-21)23-14-13-22(32-23)18-7-9-19(27)10-8-18/h2-15,24-25H,16H2,1H3,(H,29,33). The van der Waals surface area contributed by atoms with Crippen LogP contribution in [0.25, 0.3) is 11.3 Å². The van der Waals surface area contributed by atoms with E-state index in [1.54, 1.807) is 13.3 Å². The molecule has 2 atom stereocenters. The summed E-state index contributed by atoms with van der Waals surface area (Å²) in [6.45, 7) is 0.637. The molecule has 166 valence electrons. The van der Waals surface area contributed by atoms with Crippen LogP contribution < -0.4 is 10.1 Å². The van der Waals surface area contributed by atoms with Crippen molar-refractivity contribution in [2.45, 2.75) is 18.6 Å². The third-order valence-electron chi connectivity index (χ3n) is 5.76. The molecule has 1 aliphatic rings. The Bertz CT molecular complexity index is 1240. The molecule has 0 spiro atoms. The Balaban J connectivity index is 1.51. The van der Waals surface area contributed by atoms with E-state index in [-0.39, 0.29) is 12.1 Å². The fourth-order valence-corrected chi connectivity index (χ4v) is 4.66. The van der Waals surface area contributed by atoms with E-state index >= 15 is 0 Å². The first-order chi connectivity index (χ1) is 16.1. The van der Waals surface area contributed by atoms with Crippen LogP contribution in [0.4, 0.5) is 0 Å². The molecule has 1 aliphatic heterocycles. The van der Waals surface area contributed by atoms with Crippen molar-refractivity contribution in [3.63, 3.8) is 0 Å². The van der Waals surface area contributed by atoms with Gasteiger partial charge in [-0.1, -0.05) is 46.3 Å². The molecule has 0 aliphatic carbocycles. The van der Waals surface area contributed by atoms with Crippen molar-refractivity contribution in [1.29, 1.82) is 0 Å². The average molecular weight is 520 g/mol. The fourth-order valence-electron chi connectivity index (χ4n) is 4.09. The number of thiocarbonyl (C=S) groups is 1. The Morgan fingerprint density at radius 2 is 1.82 bits per heavy atom. The lowest BCUT2D eigenvalue weighted by Gasteiger charge is -2.26. The number of nitrogens with one attached hydrogen (secondary N) is 1. The van der Waals surface area contributed by atoms with Crippen LogP contribution in [0.1, 0.15) is 29.1 Å². The SMILES string of the molecule is COc1ccc(CN2C(=S)NC(c3ccccn3)C2c2ccc(-c3ccc(Br)cc3)o2)cc1. The number of hydrogen-bond acceptors (Lipinski definition) is 4. The van der Waals surface area contributed by atoms with E-state index in [0.29, 0.717) is 11.7 Å². The van der Waals surface area contributed by atoms with Gasteiger partial charge in [0.05, 0.1) is 18.8 Å². The number of pyridine rings is 1. The number of benzene rings is 2. The molecule has 2 aromatic carbocycles. The molecule has 33 heavy (non-hydrogen) atoms. The molecular formula is C26H22BrN3O2S. The number of halogens is 1. The second-order valence-corrected chi connectivity index (χ2v) is 9.11. The van der Waals surface area contributed by atoms with Gasteiger partial charge in [0.25, 0.3) is 0 Å². The summed E-state index contributed by atoms with van der Waals surface area (Å²) in [4.78, 5) is 6.76. The Morgan fingerprint density at radius 3 is 2.52 bits per heavy atom. The van der Waals surface area contributed by atoms with E-state index in [1.165, 1.54) is 0 Å². The summed E-state index contributed by atoms with van der Waals surface area (Å²) in [5.41, 5.74) is 3.07. The van der Waals surface area contributed by atoms with Crippen LogP contribution in [0.2, 0.25) is 0 Å². The van der Waals surface area contributed by atoms with Crippen molar-refractivity contribution >= 4 is 33.3 Å². The van der Waals surface area contributed by atoms with Gasteiger partial charge in [-0.2, -0.15) is 0 Å². The highest BCUT2D eigenvalue weighted by Crippen LogP contribution is 2.41. The second kappa shape index (κ2) is 9.37. The van der Waals surface area contributed by atoms with Crippen LogP contribution in [-0.2, 0) is 6.54 Å². The molecule has 0 bridgehead atoms. The first-order valence-corrected chi connectivity index (χ1v) is 11.8. The van der Waals surface area contributed by atoms with Gasteiger partial charge in [0.15, 0.2) is 5.11 Å². The number of aromatic nitrogens is 1. The van der Waals surface area contributed by atoms with Crippen molar-refractivity contribution in [2.75, 3.05) is 7.11 Å². The van der Waals surface area contributed by atoms with Gasteiger partial charge < -0.3 is 19.4 Å². The highest BCUT2D eigenvalue weighted by molar-refractivity contribution is 9.10. The highest BCUT2D eigenvalue weighted by atomic mass is 79.9. The number of hydrogen-bond donors (Lipinski definition) is 1. The van der Waals surface area contributed by atoms with Crippen LogP contribution in [0.5, 0.6) is 5.75 Å². The number of rotatable bonds is 6. The molecule has 0 saturated carbocycles. The maximum Gasteiger partial charge on any atom is 0.170 e. The number of furan rings is 1. The predicted molar refractivity (Wildman–Crippen MR) is 136 cm³/mol. The van der Waals surface area contributed by atoms with Gasteiger partial charge in [-0.3, -0.25) is 4.98 Å². The normalized spacial score (nSPS) is 17.8. The maximum atomic E-state index is 6.39. The van der Waals surface area contributed by atoms with E-state index < -0.39 is 0 Å². The van der Waals surface area contributed by atoms with E-state index in [2.05, 4.69) is 43.3 Å². The zero-order valence-electron chi connectivity index (χ0n) is 17.9. The van der Waals surface area contributed by atoms with Crippen LogP contribution >= 0.6 is 28.1 Å². The molecule has 5 rings (SSSR count). The monoisotopic (exact) mass is 519 g/mol. The van der Waals surface area contributed by atoms with Gasteiger partial charge in [-0.15, -0.1) is 0 Å². The molecule has 0 radical (unpaired) electrons. The van der Waals surface area contributed by atoms with E-state index in [4.69, 9.17) is 21.4 Å². The third-order valence-corrected chi connectivity index (χ3v) is 6.64. The minimum absolute atomic E-state index is 0.124. The van der Waals surface area contributed by atoms with Gasteiger partial charge in [-0.25, -0.2) is 0 Å². The quantitative estimate of drug-likeness (QED) is 0.302. The molecule has 3 heterocycles. The topological polar surface area (TPSA) is 50.5 Å². The maximum absolute atomic E-state index is 6.39. The van der Waals surface area contributed by atoms with Crippen molar-refractivity contribution < 1.29 is 9.15 Å². The number of methoxy groups -OCH3 is 1. The lowest BCUT2D eigenvalue weighted by atomic mass is 10.0. The van der Waals surface area contributed by atoms with Gasteiger partial charge in [0, 0.05) is 22.8 Å². The van der Waals surface area contributed by atoms with Crippen molar-refractivity contribution in [3.05, 3.63) is 107 Å². The van der Waals surface area contributed by atoms with Gasteiger partial charge in [-0.05, 0) is 66.3 Å². The molecule has 4 aromatic rings. The third kappa shape index (κ3) is 4.51. The Labute approximate surface area is 206 Å². The summed E-state index contributed by atoms with van der Waals surface area (Å²) in [6.07, 6.45) is 1.80. The first-order valence-electron chi connectivity index (χ1n) is 10.6. The van der Waals surface area contributed by atoms with Crippen LogP contribution in [0, 0.1) is 0 Å². The average Bonchev–Trinajstić information content (AvgIpc) is 3.45. The van der Waals surface area contributed by atoms with Crippen molar-refractivity contribution in [2.24, 2.45) is 0 Å². The molecule has 1 saturated heterocycles. The lowest BCUT2D eigenvalue weighted by Crippen LogP contribution is -2.29. The molecule has 1 N–H and O–H groups in total. The summed E-state index contributed by atoms with van der Waals surface area (Å²) >= 11 is 9.26. The van der Waals surface area contributed by atoms with E-state index in [9.17, 15) is 0 Å². The number of nitrogens with zero attached hydrogens (tertiary/aromatic N) is 2. The smallest absolute Gasteiger partial charge is 0.170 e. The van der Waals surface area contributed by atoms with Gasteiger partial charge in [0.2, 0.25) is 0 Å². The first kappa shape index (κ1) is 21.7. The summed E-state index contributed by atoms with van der Waals surface area (Å²) in [5, 5.41) is 4.15. The van der Waals surface area contributed by atoms with Crippen molar-refractivity contribution in [3.8, 4) is 17.1 Å². The minimum atomic E-state index is -0.140. The lowest BCUT2D eigenvalue weighted by molar-refractivity contribution is 0.269.